The van der Waals surface area contributed by atoms with E-state index in [4.69, 9.17) is 14.0 Å². The highest BCUT2D eigenvalue weighted by molar-refractivity contribution is 5.92. The third kappa shape index (κ3) is 4.51. The van der Waals surface area contributed by atoms with Crippen molar-refractivity contribution in [3.05, 3.63) is 47.4 Å². The summed E-state index contributed by atoms with van der Waals surface area (Å²) in [6.07, 6.45) is 5.31. The fourth-order valence-electron chi connectivity index (χ4n) is 3.27. The van der Waals surface area contributed by atoms with Gasteiger partial charge in [0, 0.05) is 18.7 Å². The third-order valence-corrected chi connectivity index (χ3v) is 4.48. The third-order valence-electron chi connectivity index (χ3n) is 4.48. The molecule has 3 rings (SSSR count). The molecule has 0 spiro atoms. The van der Waals surface area contributed by atoms with Crippen LogP contribution in [0.5, 0.6) is 11.5 Å². The monoisotopic (exact) mass is 370 g/mol. The van der Waals surface area contributed by atoms with E-state index in [0.717, 1.165) is 36.4 Å². The molecule has 0 aliphatic carbocycles. The Morgan fingerprint density at radius 2 is 2.15 bits per heavy atom. The summed E-state index contributed by atoms with van der Waals surface area (Å²) in [5, 5.41) is 3.94. The fraction of sp³-hybridized carbons (Fsp3) is 0.429. The van der Waals surface area contributed by atoms with Gasteiger partial charge in [-0.05, 0) is 57.4 Å². The number of carbonyl (C=O) groups excluding carboxylic acids is 1. The molecule has 1 aliphatic rings. The van der Waals surface area contributed by atoms with Crippen molar-refractivity contribution in [1.82, 2.24) is 10.1 Å². The highest BCUT2D eigenvalue weighted by Crippen LogP contribution is 2.33. The molecule has 0 unspecified atom stereocenters. The van der Waals surface area contributed by atoms with Crippen LogP contribution in [0.3, 0.4) is 0 Å². The van der Waals surface area contributed by atoms with Crippen molar-refractivity contribution in [3.63, 3.8) is 0 Å². The second kappa shape index (κ2) is 8.29. The van der Waals surface area contributed by atoms with E-state index in [0.29, 0.717) is 11.5 Å². The van der Waals surface area contributed by atoms with Gasteiger partial charge in [0.15, 0.2) is 17.3 Å². The predicted molar refractivity (Wildman–Crippen MR) is 103 cm³/mol. The zero-order chi connectivity index (χ0) is 19.4. The average Bonchev–Trinajstić information content (AvgIpc) is 3.28. The average molecular weight is 370 g/mol. The lowest BCUT2D eigenvalue weighted by Crippen LogP contribution is -2.28. The lowest BCUT2D eigenvalue weighted by Gasteiger charge is -2.21. The van der Waals surface area contributed by atoms with Gasteiger partial charge < -0.3 is 18.9 Å². The van der Waals surface area contributed by atoms with Gasteiger partial charge in [-0.3, -0.25) is 4.79 Å². The number of carbonyl (C=O) groups is 1. The minimum Gasteiger partial charge on any atom is -0.493 e. The van der Waals surface area contributed by atoms with Crippen LogP contribution in [0.2, 0.25) is 0 Å². The van der Waals surface area contributed by atoms with Crippen LogP contribution in [0.1, 0.15) is 49.7 Å². The van der Waals surface area contributed by atoms with Gasteiger partial charge in [-0.2, -0.15) is 0 Å². The number of aryl methyl sites for hydroxylation is 1. The Bertz CT molecular complexity index is 825. The second-order valence-electron chi connectivity index (χ2n) is 6.97. The highest BCUT2D eigenvalue weighted by Gasteiger charge is 2.31. The molecular formula is C21H26N2O4. The molecule has 2 heterocycles. The Morgan fingerprint density at radius 1 is 1.33 bits per heavy atom. The summed E-state index contributed by atoms with van der Waals surface area (Å²) in [7, 11) is 1.61. The van der Waals surface area contributed by atoms with E-state index >= 15 is 0 Å². The minimum atomic E-state index is -0.0419. The van der Waals surface area contributed by atoms with E-state index in [-0.39, 0.29) is 18.1 Å². The van der Waals surface area contributed by atoms with Crippen LogP contribution in [0.4, 0.5) is 0 Å². The number of hydrogen-bond donors (Lipinski definition) is 0. The van der Waals surface area contributed by atoms with Crippen LogP contribution in [0.15, 0.2) is 34.9 Å². The maximum absolute atomic E-state index is 12.7. The number of rotatable bonds is 6. The predicted octanol–water partition coefficient (Wildman–Crippen LogP) is 4.16. The zero-order valence-electron chi connectivity index (χ0n) is 16.3. The van der Waals surface area contributed by atoms with E-state index in [2.05, 4.69) is 5.16 Å². The van der Waals surface area contributed by atoms with Crippen LogP contribution < -0.4 is 9.47 Å². The lowest BCUT2D eigenvalue weighted by molar-refractivity contribution is -0.127. The summed E-state index contributed by atoms with van der Waals surface area (Å²) in [5.41, 5.74) is 1.71. The van der Waals surface area contributed by atoms with Crippen molar-refractivity contribution in [3.8, 4) is 11.5 Å². The number of nitrogens with zero attached hydrogens (tertiary/aromatic N) is 2. The second-order valence-corrected chi connectivity index (χ2v) is 6.97. The molecular weight excluding hydrogens is 344 g/mol. The van der Waals surface area contributed by atoms with Crippen LogP contribution in [0, 0.1) is 6.92 Å². The molecule has 2 aromatic rings. The van der Waals surface area contributed by atoms with Crippen molar-refractivity contribution in [2.24, 2.45) is 0 Å². The Balaban J connectivity index is 1.72. The van der Waals surface area contributed by atoms with E-state index in [1.165, 1.54) is 0 Å². The van der Waals surface area contributed by atoms with Crippen LogP contribution in [-0.2, 0) is 4.79 Å². The van der Waals surface area contributed by atoms with Crippen molar-refractivity contribution in [2.45, 2.75) is 45.8 Å². The summed E-state index contributed by atoms with van der Waals surface area (Å²) in [5.74, 6) is 2.06. The molecule has 1 fully saturated rings. The van der Waals surface area contributed by atoms with E-state index < -0.39 is 0 Å². The summed E-state index contributed by atoms with van der Waals surface area (Å²) in [4.78, 5) is 14.5. The van der Waals surface area contributed by atoms with Crippen LogP contribution >= 0.6 is 0 Å². The molecule has 1 atom stereocenters. The van der Waals surface area contributed by atoms with Crippen molar-refractivity contribution >= 4 is 12.0 Å². The maximum Gasteiger partial charge on any atom is 0.247 e. The Morgan fingerprint density at radius 3 is 2.81 bits per heavy atom. The van der Waals surface area contributed by atoms with Gasteiger partial charge in [-0.1, -0.05) is 11.2 Å². The van der Waals surface area contributed by atoms with Crippen molar-refractivity contribution < 1.29 is 18.8 Å². The molecule has 144 valence electrons. The van der Waals surface area contributed by atoms with Gasteiger partial charge in [-0.15, -0.1) is 0 Å². The summed E-state index contributed by atoms with van der Waals surface area (Å²) in [6, 6.07) is 7.49. The summed E-state index contributed by atoms with van der Waals surface area (Å²) >= 11 is 0. The number of benzene rings is 1. The molecule has 0 radical (unpaired) electrons. The van der Waals surface area contributed by atoms with Gasteiger partial charge in [0.25, 0.3) is 0 Å². The number of likely N-dealkylation sites (tertiary alicyclic amines) is 1. The van der Waals surface area contributed by atoms with Gasteiger partial charge in [-0.25, -0.2) is 0 Å². The van der Waals surface area contributed by atoms with E-state index in [1.807, 2.05) is 49.9 Å². The Kier molecular flexibility index (Phi) is 5.84. The fourth-order valence-corrected chi connectivity index (χ4v) is 3.27. The first kappa shape index (κ1) is 19.0. The Hall–Kier alpha value is -2.76. The first-order valence-electron chi connectivity index (χ1n) is 9.24. The maximum atomic E-state index is 12.7. The number of hydrogen-bond acceptors (Lipinski definition) is 5. The van der Waals surface area contributed by atoms with Gasteiger partial charge in [0.05, 0.1) is 24.9 Å². The molecule has 1 saturated heterocycles. The van der Waals surface area contributed by atoms with Crippen LogP contribution in [0.25, 0.3) is 6.08 Å². The smallest absolute Gasteiger partial charge is 0.247 e. The molecule has 1 aromatic heterocycles. The molecule has 27 heavy (non-hydrogen) atoms. The van der Waals surface area contributed by atoms with Crippen molar-refractivity contribution in [2.75, 3.05) is 13.7 Å². The molecule has 0 N–H and O–H groups in total. The molecule has 6 nitrogen and oxygen atoms in total. The first-order chi connectivity index (χ1) is 13.0. The van der Waals surface area contributed by atoms with Crippen LogP contribution in [-0.4, -0.2) is 35.7 Å². The SMILES string of the molecule is COc1cc(/C=C/C(=O)N2CCC[C@@H]2c2cc(C)no2)ccc1OC(C)C. The van der Waals surface area contributed by atoms with Gasteiger partial charge >= 0.3 is 0 Å². The van der Waals surface area contributed by atoms with Gasteiger partial charge in [0.1, 0.15) is 0 Å². The standard InChI is InChI=1S/C21H26N2O4/c1-14(2)26-18-9-7-16(13-20(18)25-4)8-10-21(24)23-11-5-6-17(23)19-12-15(3)22-27-19/h7-10,12-14,17H,5-6,11H2,1-4H3/b10-8+/t17-/m1/s1. The zero-order valence-corrected chi connectivity index (χ0v) is 16.3. The Labute approximate surface area is 159 Å². The van der Waals surface area contributed by atoms with Gasteiger partial charge in [0.2, 0.25) is 5.91 Å². The van der Waals surface area contributed by atoms with E-state index in [9.17, 15) is 4.79 Å². The minimum absolute atomic E-state index is 0.0342. The molecule has 1 aromatic carbocycles. The molecule has 1 amide bonds. The van der Waals surface area contributed by atoms with Crippen molar-refractivity contribution in [1.29, 1.82) is 0 Å². The summed E-state index contributed by atoms with van der Waals surface area (Å²) < 4.78 is 16.5. The number of aromatic nitrogens is 1. The largest absolute Gasteiger partial charge is 0.493 e. The summed E-state index contributed by atoms with van der Waals surface area (Å²) in [6.45, 7) is 6.54. The lowest BCUT2D eigenvalue weighted by atomic mass is 10.1. The number of amides is 1. The normalized spacial score (nSPS) is 17.1. The highest BCUT2D eigenvalue weighted by atomic mass is 16.5. The molecule has 0 saturated carbocycles. The van der Waals surface area contributed by atoms with E-state index in [1.54, 1.807) is 19.3 Å². The molecule has 6 heteroatoms. The number of ether oxygens (including phenoxy) is 2. The first-order valence-corrected chi connectivity index (χ1v) is 9.24. The molecule has 0 bridgehead atoms. The quantitative estimate of drug-likeness (QED) is 0.715. The number of methoxy groups -OCH3 is 1. The molecule has 1 aliphatic heterocycles. The topological polar surface area (TPSA) is 64.8 Å².